The van der Waals surface area contributed by atoms with Crippen LogP contribution in [-0.4, -0.2) is 14.8 Å². The third-order valence-corrected chi connectivity index (χ3v) is 3.56. The van der Waals surface area contributed by atoms with Gasteiger partial charge in [-0.15, -0.1) is 11.6 Å². The molecule has 1 aromatic carbocycles. The maximum Gasteiger partial charge on any atom is 0.164 e. The zero-order valence-corrected chi connectivity index (χ0v) is 13.8. The summed E-state index contributed by atoms with van der Waals surface area (Å²) in [6.07, 6.45) is 1.58. The molecule has 0 aliphatic carbocycles. The minimum Gasteiger partial charge on any atom is -0.485 e. The summed E-state index contributed by atoms with van der Waals surface area (Å²) in [5.74, 6) is 2.80. The van der Waals surface area contributed by atoms with E-state index in [1.54, 1.807) is 6.33 Å². The van der Waals surface area contributed by atoms with E-state index in [2.05, 4.69) is 36.1 Å². The van der Waals surface area contributed by atoms with E-state index in [0.717, 1.165) is 34.8 Å². The summed E-state index contributed by atoms with van der Waals surface area (Å²) >= 11 is 5.89. The predicted octanol–water partition coefficient (Wildman–Crippen LogP) is 3.87. The number of ether oxygens (including phenoxy) is 1. The van der Waals surface area contributed by atoms with Crippen LogP contribution < -0.4 is 4.74 Å². The first-order chi connectivity index (χ1) is 10.0. The van der Waals surface area contributed by atoms with Crippen molar-refractivity contribution < 1.29 is 4.74 Å². The molecule has 0 bridgehead atoms. The number of rotatable bonds is 6. The van der Waals surface area contributed by atoms with Gasteiger partial charge in [-0.25, -0.2) is 9.67 Å². The summed E-state index contributed by atoms with van der Waals surface area (Å²) in [6.45, 7) is 9.67. The van der Waals surface area contributed by atoms with Crippen LogP contribution in [0.3, 0.4) is 0 Å². The van der Waals surface area contributed by atoms with Crippen LogP contribution in [0.4, 0.5) is 0 Å². The zero-order valence-electron chi connectivity index (χ0n) is 13.1. The molecule has 0 atom stereocenters. The molecule has 0 amide bonds. The van der Waals surface area contributed by atoms with Gasteiger partial charge >= 0.3 is 0 Å². The van der Waals surface area contributed by atoms with Gasteiger partial charge < -0.3 is 4.74 Å². The number of alkyl halides is 1. The second kappa shape index (κ2) is 6.94. The molecule has 5 heteroatoms. The Morgan fingerprint density at radius 3 is 2.48 bits per heavy atom. The van der Waals surface area contributed by atoms with Gasteiger partial charge in [-0.3, -0.25) is 0 Å². The van der Waals surface area contributed by atoms with E-state index in [1.807, 2.05) is 18.5 Å². The number of hydrogen-bond donors (Lipinski definition) is 0. The fraction of sp³-hybridized carbons (Fsp3) is 0.500. The second-order valence-electron chi connectivity index (χ2n) is 5.73. The Bertz CT molecular complexity index is 584. The first kappa shape index (κ1) is 15.8. The molecule has 0 unspecified atom stereocenters. The minimum absolute atomic E-state index is 0.425. The fourth-order valence-electron chi connectivity index (χ4n) is 2.38. The van der Waals surface area contributed by atoms with E-state index in [0.29, 0.717) is 18.4 Å². The van der Waals surface area contributed by atoms with E-state index in [-0.39, 0.29) is 0 Å². The molecular weight excluding hydrogens is 286 g/mol. The lowest BCUT2D eigenvalue weighted by Crippen LogP contribution is -2.12. The monoisotopic (exact) mass is 307 g/mol. The molecule has 0 N–H and O–H groups in total. The molecule has 21 heavy (non-hydrogen) atoms. The van der Waals surface area contributed by atoms with Crippen molar-refractivity contribution in [3.8, 4) is 5.75 Å². The summed E-state index contributed by atoms with van der Waals surface area (Å²) in [5.41, 5.74) is 3.31. The van der Waals surface area contributed by atoms with Crippen LogP contribution in [0.2, 0.25) is 0 Å². The fourth-order valence-corrected chi connectivity index (χ4v) is 2.53. The Morgan fingerprint density at radius 2 is 1.90 bits per heavy atom. The number of nitrogens with zero attached hydrogens (tertiary/aromatic N) is 3. The third-order valence-electron chi connectivity index (χ3n) is 3.25. The Balaban J connectivity index is 2.12. The molecule has 0 saturated heterocycles. The third kappa shape index (κ3) is 3.97. The normalized spacial score (nSPS) is 11.1. The van der Waals surface area contributed by atoms with Crippen molar-refractivity contribution in [2.45, 2.75) is 46.7 Å². The number of aryl methyl sites for hydroxylation is 2. The number of aromatic nitrogens is 3. The van der Waals surface area contributed by atoms with E-state index in [1.165, 1.54) is 0 Å². The van der Waals surface area contributed by atoms with Gasteiger partial charge in [0.1, 0.15) is 18.7 Å². The average Bonchev–Trinajstić information content (AvgIpc) is 2.84. The van der Waals surface area contributed by atoms with Crippen molar-refractivity contribution in [3.05, 3.63) is 41.0 Å². The Morgan fingerprint density at radius 1 is 1.24 bits per heavy atom. The number of benzene rings is 1. The maximum absolute atomic E-state index is 5.97. The van der Waals surface area contributed by atoms with Gasteiger partial charge in [0.15, 0.2) is 5.82 Å². The van der Waals surface area contributed by atoms with Crippen molar-refractivity contribution in [2.24, 2.45) is 5.92 Å². The number of halogens is 1. The van der Waals surface area contributed by atoms with Crippen molar-refractivity contribution in [2.75, 3.05) is 0 Å². The van der Waals surface area contributed by atoms with E-state index >= 15 is 0 Å². The first-order valence-corrected chi connectivity index (χ1v) is 7.70. The first-order valence-electron chi connectivity index (χ1n) is 7.16. The minimum atomic E-state index is 0.425. The molecule has 0 aliphatic heterocycles. The Kier molecular flexibility index (Phi) is 5.23. The van der Waals surface area contributed by atoms with Crippen LogP contribution >= 0.6 is 11.6 Å². The van der Waals surface area contributed by atoms with Crippen LogP contribution in [0, 0.1) is 19.8 Å². The highest BCUT2D eigenvalue weighted by Gasteiger charge is 2.10. The second-order valence-corrected chi connectivity index (χ2v) is 6.00. The van der Waals surface area contributed by atoms with Crippen LogP contribution in [-0.2, 0) is 19.0 Å². The highest BCUT2D eigenvalue weighted by atomic mass is 35.5. The molecule has 2 aromatic rings. The lowest BCUT2D eigenvalue weighted by atomic mass is 10.1. The summed E-state index contributed by atoms with van der Waals surface area (Å²) in [4.78, 5) is 4.28. The SMILES string of the molecule is Cc1cc(CCl)cc(C)c1OCc1ncnn1CC(C)C. The molecule has 0 aliphatic rings. The predicted molar refractivity (Wildman–Crippen MR) is 84.7 cm³/mol. The summed E-state index contributed by atoms with van der Waals surface area (Å²) in [7, 11) is 0. The van der Waals surface area contributed by atoms with Gasteiger partial charge in [-0.1, -0.05) is 26.0 Å². The smallest absolute Gasteiger partial charge is 0.164 e. The van der Waals surface area contributed by atoms with Gasteiger partial charge in [0.2, 0.25) is 0 Å². The van der Waals surface area contributed by atoms with Gasteiger partial charge in [-0.2, -0.15) is 5.10 Å². The summed E-state index contributed by atoms with van der Waals surface area (Å²) < 4.78 is 7.87. The lowest BCUT2D eigenvalue weighted by Gasteiger charge is -2.14. The van der Waals surface area contributed by atoms with E-state index in [4.69, 9.17) is 16.3 Å². The molecule has 0 fully saturated rings. The largest absolute Gasteiger partial charge is 0.485 e. The molecule has 1 aromatic heterocycles. The van der Waals surface area contributed by atoms with E-state index < -0.39 is 0 Å². The molecule has 114 valence electrons. The molecule has 0 spiro atoms. The Labute approximate surface area is 131 Å². The standard InChI is InChI=1S/C16H22ClN3O/c1-11(2)8-20-15(18-10-19-20)9-21-16-12(3)5-14(7-17)6-13(16)4/h5-6,10-11H,7-9H2,1-4H3. The van der Waals surface area contributed by atoms with E-state index in [9.17, 15) is 0 Å². The molecular formula is C16H22ClN3O. The molecule has 0 radical (unpaired) electrons. The Hall–Kier alpha value is -1.55. The zero-order chi connectivity index (χ0) is 15.4. The molecule has 4 nitrogen and oxygen atoms in total. The topological polar surface area (TPSA) is 39.9 Å². The molecule has 1 heterocycles. The highest BCUT2D eigenvalue weighted by Crippen LogP contribution is 2.26. The van der Waals surface area contributed by atoms with Crippen LogP contribution in [0.15, 0.2) is 18.5 Å². The summed E-state index contributed by atoms with van der Waals surface area (Å²) in [5, 5.41) is 4.25. The van der Waals surface area contributed by atoms with Crippen molar-refractivity contribution in [1.82, 2.24) is 14.8 Å². The van der Waals surface area contributed by atoms with Crippen molar-refractivity contribution in [3.63, 3.8) is 0 Å². The molecule has 0 saturated carbocycles. The van der Waals surface area contributed by atoms with Gasteiger partial charge in [-0.05, 0) is 36.5 Å². The number of hydrogen-bond acceptors (Lipinski definition) is 3. The van der Waals surface area contributed by atoms with Crippen LogP contribution in [0.25, 0.3) is 0 Å². The van der Waals surface area contributed by atoms with Crippen molar-refractivity contribution >= 4 is 11.6 Å². The van der Waals surface area contributed by atoms with Crippen LogP contribution in [0.5, 0.6) is 5.75 Å². The van der Waals surface area contributed by atoms with Crippen LogP contribution in [0.1, 0.15) is 36.4 Å². The molecule has 2 rings (SSSR count). The highest BCUT2D eigenvalue weighted by molar-refractivity contribution is 6.17. The average molecular weight is 308 g/mol. The van der Waals surface area contributed by atoms with Gasteiger partial charge in [0.25, 0.3) is 0 Å². The maximum atomic E-state index is 5.97. The quantitative estimate of drug-likeness (QED) is 0.761. The van der Waals surface area contributed by atoms with Gasteiger partial charge in [0.05, 0.1) is 0 Å². The lowest BCUT2D eigenvalue weighted by molar-refractivity contribution is 0.279. The van der Waals surface area contributed by atoms with Gasteiger partial charge in [0, 0.05) is 12.4 Å². The summed E-state index contributed by atoms with van der Waals surface area (Å²) in [6, 6.07) is 4.13. The van der Waals surface area contributed by atoms with Crippen molar-refractivity contribution in [1.29, 1.82) is 0 Å².